The van der Waals surface area contributed by atoms with Crippen molar-refractivity contribution < 1.29 is 19.0 Å². The van der Waals surface area contributed by atoms with Crippen molar-refractivity contribution in [2.24, 2.45) is 23.2 Å². The van der Waals surface area contributed by atoms with Gasteiger partial charge in [0.2, 0.25) is 0 Å². The molecule has 3 rings (SSSR count). The van der Waals surface area contributed by atoms with Crippen LogP contribution in [0.2, 0.25) is 0 Å². The van der Waals surface area contributed by atoms with Crippen LogP contribution in [0, 0.1) is 23.2 Å². The molecule has 3 aliphatic rings. The zero-order valence-corrected chi connectivity index (χ0v) is 16.1. The molecule has 0 bridgehead atoms. The lowest BCUT2D eigenvalue weighted by atomic mass is 9.74. The van der Waals surface area contributed by atoms with Gasteiger partial charge in [0.05, 0.1) is 12.7 Å². The van der Waals surface area contributed by atoms with Gasteiger partial charge in [0.1, 0.15) is 12.0 Å². The van der Waals surface area contributed by atoms with Gasteiger partial charge in [0.15, 0.2) is 5.79 Å². The molecule has 1 heterocycles. The van der Waals surface area contributed by atoms with Crippen molar-refractivity contribution in [2.75, 3.05) is 13.2 Å². The van der Waals surface area contributed by atoms with Gasteiger partial charge in [-0.2, -0.15) is 0 Å². The summed E-state index contributed by atoms with van der Waals surface area (Å²) in [6.07, 6.45) is 8.59. The van der Waals surface area contributed by atoms with Crippen LogP contribution in [-0.4, -0.2) is 31.1 Å². The average molecular weight is 350 g/mol. The van der Waals surface area contributed by atoms with Crippen molar-refractivity contribution in [1.82, 2.24) is 0 Å². The van der Waals surface area contributed by atoms with Crippen molar-refractivity contribution in [1.29, 1.82) is 0 Å². The number of hydrogen-bond acceptors (Lipinski definition) is 4. The molecule has 0 radical (unpaired) electrons. The van der Waals surface area contributed by atoms with E-state index in [0.717, 1.165) is 25.7 Å². The zero-order chi connectivity index (χ0) is 18.1. The van der Waals surface area contributed by atoms with E-state index < -0.39 is 11.2 Å². The van der Waals surface area contributed by atoms with Crippen LogP contribution in [0.25, 0.3) is 0 Å². The molecule has 25 heavy (non-hydrogen) atoms. The molecule has 5 unspecified atom stereocenters. The number of esters is 1. The molecule has 142 valence electrons. The predicted octanol–water partition coefficient (Wildman–Crippen LogP) is 4.48. The minimum absolute atomic E-state index is 0.160. The van der Waals surface area contributed by atoms with Crippen LogP contribution in [0.3, 0.4) is 0 Å². The van der Waals surface area contributed by atoms with Gasteiger partial charge in [-0.05, 0) is 49.9 Å². The number of fused-ring (bicyclic) bond motifs is 1. The van der Waals surface area contributed by atoms with Gasteiger partial charge < -0.3 is 14.2 Å². The topological polar surface area (TPSA) is 44.8 Å². The first-order valence-electron chi connectivity index (χ1n) is 10.0. The molecule has 2 aliphatic carbocycles. The Bertz CT molecular complexity index is 488. The highest BCUT2D eigenvalue weighted by Crippen LogP contribution is 2.58. The third-order valence-corrected chi connectivity index (χ3v) is 6.73. The van der Waals surface area contributed by atoms with Crippen LogP contribution in [-0.2, 0) is 19.0 Å². The number of hydrogen-bond donors (Lipinski definition) is 0. The number of carbonyl (C=O) groups is 1. The molecule has 4 nitrogen and oxygen atoms in total. The summed E-state index contributed by atoms with van der Waals surface area (Å²) in [6.45, 7) is 11.4. The van der Waals surface area contributed by atoms with Crippen LogP contribution in [0.5, 0.6) is 0 Å². The summed E-state index contributed by atoms with van der Waals surface area (Å²) >= 11 is 0. The summed E-state index contributed by atoms with van der Waals surface area (Å²) in [4.78, 5) is 12.9. The average Bonchev–Trinajstić information content (AvgIpc) is 3.07. The van der Waals surface area contributed by atoms with Crippen LogP contribution in [0.15, 0.2) is 12.7 Å². The molecule has 5 atom stereocenters. The third kappa shape index (κ3) is 3.28. The summed E-state index contributed by atoms with van der Waals surface area (Å²) in [5.74, 6) is 0.852. The molecule has 1 aliphatic heterocycles. The Morgan fingerprint density at radius 3 is 2.84 bits per heavy atom. The van der Waals surface area contributed by atoms with E-state index in [1.807, 2.05) is 0 Å². The van der Waals surface area contributed by atoms with Crippen molar-refractivity contribution >= 4 is 5.97 Å². The highest BCUT2D eigenvalue weighted by Gasteiger charge is 2.66. The van der Waals surface area contributed by atoms with Crippen molar-refractivity contribution in [3.05, 3.63) is 12.7 Å². The predicted molar refractivity (Wildman–Crippen MR) is 97.0 cm³/mol. The van der Waals surface area contributed by atoms with Crippen LogP contribution in [0.1, 0.15) is 65.7 Å². The van der Waals surface area contributed by atoms with Crippen LogP contribution < -0.4 is 0 Å². The maximum absolute atomic E-state index is 12.9. The van der Waals surface area contributed by atoms with E-state index in [1.54, 1.807) is 6.08 Å². The molecule has 4 heteroatoms. The summed E-state index contributed by atoms with van der Waals surface area (Å²) < 4.78 is 18.4. The second-order valence-electron chi connectivity index (χ2n) is 8.66. The fourth-order valence-electron chi connectivity index (χ4n) is 5.30. The minimum atomic E-state index is -0.778. The van der Waals surface area contributed by atoms with E-state index >= 15 is 0 Å². The van der Waals surface area contributed by atoms with Crippen LogP contribution in [0.4, 0.5) is 0 Å². The van der Waals surface area contributed by atoms with Crippen molar-refractivity contribution in [3.8, 4) is 0 Å². The minimum Gasteiger partial charge on any atom is -0.461 e. The molecular weight excluding hydrogens is 316 g/mol. The number of carbonyl (C=O) groups excluding carboxylic acids is 1. The SMILES string of the molecule is C=CCOC(=O)C12CCCC1(OC1CC(C)CCC1C(C)C)OCC2. The lowest BCUT2D eigenvalue weighted by Crippen LogP contribution is -2.52. The Balaban J connectivity index is 1.83. The van der Waals surface area contributed by atoms with Crippen molar-refractivity contribution in [2.45, 2.75) is 77.6 Å². The Hall–Kier alpha value is -0.870. The summed E-state index contributed by atoms with van der Waals surface area (Å²) in [6, 6.07) is 0. The van der Waals surface area contributed by atoms with E-state index in [-0.39, 0.29) is 18.7 Å². The van der Waals surface area contributed by atoms with Gasteiger partial charge in [-0.1, -0.05) is 39.8 Å². The number of ether oxygens (including phenoxy) is 3. The standard InChI is InChI=1S/C21H34O4/c1-5-12-23-19(22)20-9-6-10-21(20,24-13-11-20)25-18-14-16(4)7-8-17(18)15(2)3/h5,15-18H,1,6-14H2,2-4H3. The van der Waals surface area contributed by atoms with E-state index in [0.29, 0.717) is 30.8 Å². The Kier molecular flexibility index (Phi) is 5.60. The summed E-state index contributed by atoms with van der Waals surface area (Å²) in [5.41, 5.74) is -0.627. The first kappa shape index (κ1) is 18.9. The van der Waals surface area contributed by atoms with E-state index in [4.69, 9.17) is 14.2 Å². The van der Waals surface area contributed by atoms with Crippen LogP contribution >= 0.6 is 0 Å². The monoisotopic (exact) mass is 350 g/mol. The Morgan fingerprint density at radius 2 is 2.12 bits per heavy atom. The lowest BCUT2D eigenvalue weighted by molar-refractivity contribution is -0.283. The van der Waals surface area contributed by atoms with E-state index in [1.165, 1.54) is 12.8 Å². The molecule has 0 aromatic carbocycles. The van der Waals surface area contributed by atoms with Gasteiger partial charge in [-0.25, -0.2) is 0 Å². The van der Waals surface area contributed by atoms with Gasteiger partial charge in [-0.3, -0.25) is 4.79 Å². The third-order valence-electron chi connectivity index (χ3n) is 6.73. The van der Waals surface area contributed by atoms with Gasteiger partial charge >= 0.3 is 5.97 Å². The Labute approximate surface area is 152 Å². The maximum Gasteiger partial charge on any atom is 0.317 e. The fraction of sp³-hybridized carbons (Fsp3) is 0.857. The summed E-state index contributed by atoms with van der Waals surface area (Å²) in [5, 5.41) is 0. The zero-order valence-electron chi connectivity index (χ0n) is 16.1. The fourth-order valence-corrected chi connectivity index (χ4v) is 5.30. The summed E-state index contributed by atoms with van der Waals surface area (Å²) in [7, 11) is 0. The van der Waals surface area contributed by atoms with E-state index in [9.17, 15) is 4.79 Å². The van der Waals surface area contributed by atoms with E-state index in [2.05, 4.69) is 27.4 Å². The molecule has 0 aromatic heterocycles. The first-order valence-corrected chi connectivity index (χ1v) is 10.0. The van der Waals surface area contributed by atoms with Crippen molar-refractivity contribution in [3.63, 3.8) is 0 Å². The molecule has 3 fully saturated rings. The quantitative estimate of drug-likeness (QED) is 0.523. The maximum atomic E-state index is 12.9. The molecule has 1 saturated heterocycles. The normalized spacial score (nSPS) is 40.9. The van der Waals surface area contributed by atoms with Gasteiger partial charge in [0, 0.05) is 6.42 Å². The number of rotatable bonds is 6. The highest BCUT2D eigenvalue weighted by atomic mass is 16.7. The first-order chi connectivity index (χ1) is 11.9. The molecule has 0 N–H and O–H groups in total. The van der Waals surface area contributed by atoms with Gasteiger partial charge in [-0.15, -0.1) is 0 Å². The van der Waals surface area contributed by atoms with Gasteiger partial charge in [0.25, 0.3) is 0 Å². The molecule has 2 saturated carbocycles. The molecule has 0 amide bonds. The largest absolute Gasteiger partial charge is 0.461 e. The Morgan fingerprint density at radius 1 is 1.32 bits per heavy atom. The highest BCUT2D eigenvalue weighted by molar-refractivity contribution is 5.79. The molecular formula is C21H34O4. The lowest BCUT2D eigenvalue weighted by Gasteiger charge is -2.45. The second kappa shape index (κ2) is 7.40. The smallest absolute Gasteiger partial charge is 0.317 e. The second-order valence-corrected chi connectivity index (χ2v) is 8.66. The molecule has 0 aromatic rings. The molecule has 0 spiro atoms.